The van der Waals surface area contributed by atoms with Gasteiger partial charge in [-0.3, -0.25) is 4.79 Å². The Labute approximate surface area is 201 Å². The van der Waals surface area contributed by atoms with E-state index < -0.39 is 12.2 Å². The Balaban J connectivity index is 1.04. The molecule has 0 saturated carbocycles. The fourth-order valence-corrected chi connectivity index (χ4v) is 5.25. The van der Waals surface area contributed by atoms with E-state index in [1.807, 2.05) is 4.90 Å². The Morgan fingerprint density at radius 3 is 2.49 bits per heavy atom. The van der Waals surface area contributed by atoms with E-state index in [-0.39, 0.29) is 29.6 Å². The zero-order valence-electron chi connectivity index (χ0n) is 19.6. The number of rotatable bonds is 5. The lowest BCUT2D eigenvalue weighted by Gasteiger charge is -2.54. The molecule has 2 fully saturated rings. The van der Waals surface area contributed by atoms with Gasteiger partial charge in [0.2, 0.25) is 5.91 Å². The zero-order chi connectivity index (χ0) is 24.6. The maximum atomic E-state index is 13.0. The van der Waals surface area contributed by atoms with Gasteiger partial charge in [-0.15, -0.1) is 0 Å². The first-order valence-electron chi connectivity index (χ1n) is 11.9. The molecule has 2 aromatic rings. The summed E-state index contributed by atoms with van der Waals surface area (Å²) < 4.78 is 35.7. The van der Waals surface area contributed by atoms with Gasteiger partial charge in [0.25, 0.3) is 0 Å². The average Bonchev–Trinajstić information content (AvgIpc) is 3.28. The molecule has 1 unspecified atom stereocenters. The van der Waals surface area contributed by atoms with Crippen LogP contribution in [0.5, 0.6) is 5.75 Å². The Bertz CT molecular complexity index is 1070. The number of hydrogen-bond acceptors (Lipinski definition) is 6. The molecule has 1 atom stereocenters. The number of fused-ring (bicyclic) bond motifs is 1. The van der Waals surface area contributed by atoms with Gasteiger partial charge in [-0.25, -0.2) is 4.79 Å². The number of alkyl halides is 2. The number of aromatic amines is 1. The second-order valence-electron chi connectivity index (χ2n) is 9.95. The number of H-pyrrole nitrogens is 1. The summed E-state index contributed by atoms with van der Waals surface area (Å²) in [5, 5.41) is 10.9. The first kappa shape index (κ1) is 23.5. The van der Waals surface area contributed by atoms with Crippen LogP contribution in [0.1, 0.15) is 43.1 Å². The van der Waals surface area contributed by atoms with Gasteiger partial charge in [-0.05, 0) is 43.4 Å². The van der Waals surface area contributed by atoms with Crippen LogP contribution in [-0.2, 0) is 29.0 Å². The summed E-state index contributed by atoms with van der Waals surface area (Å²) in [5.74, 6) is 0.220. The normalized spacial score (nSPS) is 21.3. The van der Waals surface area contributed by atoms with Crippen LogP contribution < -0.4 is 4.74 Å². The van der Waals surface area contributed by atoms with Crippen molar-refractivity contribution in [1.29, 1.82) is 0 Å². The van der Waals surface area contributed by atoms with Crippen LogP contribution >= 0.6 is 0 Å². The van der Waals surface area contributed by atoms with Crippen LogP contribution in [0.4, 0.5) is 13.6 Å². The van der Waals surface area contributed by atoms with E-state index in [1.54, 1.807) is 17.0 Å². The first-order valence-corrected chi connectivity index (χ1v) is 11.9. The molecule has 3 heterocycles. The van der Waals surface area contributed by atoms with Crippen molar-refractivity contribution >= 4 is 12.0 Å². The molecule has 1 N–H and O–H groups in total. The number of piperidine rings is 1. The highest BCUT2D eigenvalue weighted by Crippen LogP contribution is 2.42. The van der Waals surface area contributed by atoms with Crippen LogP contribution in [0, 0.1) is 11.3 Å². The fraction of sp³-hybridized carbons (Fsp3) is 0.583. The van der Waals surface area contributed by atoms with Gasteiger partial charge in [0.1, 0.15) is 12.4 Å². The maximum absolute atomic E-state index is 13.0. The predicted octanol–water partition coefficient (Wildman–Crippen LogP) is 3.16. The smallest absolute Gasteiger partial charge is 0.410 e. The molecule has 35 heavy (non-hydrogen) atoms. The number of carbonyl (C=O) groups is 2. The molecular weight excluding hydrogens is 460 g/mol. The summed E-state index contributed by atoms with van der Waals surface area (Å²) >= 11 is 0. The monoisotopic (exact) mass is 489 g/mol. The number of hydrogen-bond donors (Lipinski definition) is 1. The van der Waals surface area contributed by atoms with Crippen molar-refractivity contribution in [2.45, 2.75) is 51.7 Å². The van der Waals surface area contributed by atoms with E-state index in [9.17, 15) is 18.4 Å². The van der Waals surface area contributed by atoms with Gasteiger partial charge < -0.3 is 19.3 Å². The summed E-state index contributed by atoms with van der Waals surface area (Å²) in [7, 11) is 0. The lowest BCUT2D eigenvalue weighted by molar-refractivity contribution is -0.159. The van der Waals surface area contributed by atoms with Crippen molar-refractivity contribution in [3.8, 4) is 5.75 Å². The van der Waals surface area contributed by atoms with Crippen LogP contribution in [-0.4, -0.2) is 69.5 Å². The third-order valence-electron chi connectivity index (χ3n) is 7.25. The van der Waals surface area contributed by atoms with E-state index >= 15 is 0 Å². The van der Waals surface area contributed by atoms with E-state index in [0.717, 1.165) is 50.2 Å². The van der Waals surface area contributed by atoms with Crippen LogP contribution in [0.15, 0.2) is 24.3 Å². The first-order chi connectivity index (χ1) is 16.7. The molecule has 9 nitrogen and oxygen atoms in total. The number of benzene rings is 1. The third kappa shape index (κ3) is 5.23. The highest BCUT2D eigenvalue weighted by molar-refractivity contribution is 5.80. The SMILES string of the molecule is CC(F)(F)Oc1ccc(COC(=O)N2CCC3(CC2)CN(C(=O)C2CCc4n[nH]nc4C2)C3)cc1. The van der Waals surface area contributed by atoms with Gasteiger partial charge in [-0.2, -0.15) is 24.2 Å². The van der Waals surface area contributed by atoms with E-state index in [2.05, 4.69) is 20.1 Å². The van der Waals surface area contributed by atoms with Gasteiger partial charge in [0.15, 0.2) is 0 Å². The van der Waals surface area contributed by atoms with Crippen molar-refractivity contribution in [2.24, 2.45) is 11.3 Å². The lowest BCUT2D eigenvalue weighted by Crippen LogP contribution is -2.63. The number of nitrogens with zero attached hydrogens (tertiary/aromatic N) is 4. The number of likely N-dealkylation sites (tertiary alicyclic amines) is 2. The number of ether oxygens (including phenoxy) is 2. The molecule has 3 aliphatic rings. The van der Waals surface area contributed by atoms with Crippen molar-refractivity contribution in [3.63, 3.8) is 0 Å². The number of carbonyl (C=O) groups excluding carboxylic acids is 2. The quantitative estimate of drug-likeness (QED) is 0.693. The minimum absolute atomic E-state index is 0.0286. The van der Waals surface area contributed by atoms with E-state index in [1.165, 1.54) is 12.1 Å². The largest absolute Gasteiger partial charge is 0.445 e. The Morgan fingerprint density at radius 2 is 1.80 bits per heavy atom. The van der Waals surface area contributed by atoms with Crippen molar-refractivity contribution < 1.29 is 27.8 Å². The van der Waals surface area contributed by atoms with Gasteiger partial charge >= 0.3 is 12.2 Å². The van der Waals surface area contributed by atoms with Crippen LogP contribution in [0.25, 0.3) is 0 Å². The molecule has 0 bridgehead atoms. The van der Waals surface area contributed by atoms with Crippen molar-refractivity contribution in [3.05, 3.63) is 41.2 Å². The second-order valence-corrected chi connectivity index (χ2v) is 9.95. The molecule has 11 heteroatoms. The molecule has 2 aliphatic heterocycles. The zero-order valence-corrected chi connectivity index (χ0v) is 19.6. The average molecular weight is 490 g/mol. The molecule has 1 spiro atoms. The Morgan fingerprint density at radius 1 is 1.11 bits per heavy atom. The third-order valence-corrected chi connectivity index (χ3v) is 7.25. The van der Waals surface area contributed by atoms with Crippen molar-refractivity contribution in [2.75, 3.05) is 26.2 Å². The molecule has 1 aromatic heterocycles. The van der Waals surface area contributed by atoms with Crippen LogP contribution in [0.3, 0.4) is 0 Å². The Kier molecular flexibility index (Phi) is 6.10. The van der Waals surface area contributed by atoms with Crippen LogP contribution in [0.2, 0.25) is 0 Å². The van der Waals surface area contributed by atoms with Gasteiger partial charge in [0, 0.05) is 50.9 Å². The summed E-state index contributed by atoms with van der Waals surface area (Å²) in [5.41, 5.74) is 2.65. The second kappa shape index (κ2) is 9.09. The highest BCUT2D eigenvalue weighted by atomic mass is 19.3. The standard InChI is InChI=1S/C24H29F2N5O4/c1-23(25,26)35-18-5-2-16(3-6-18)13-34-22(33)30-10-8-24(9-11-30)14-31(15-24)21(32)17-4-7-19-20(12-17)28-29-27-19/h2-3,5-6,17H,4,7-15H2,1H3,(H,27,28,29). The topological polar surface area (TPSA) is 101 Å². The molecule has 0 radical (unpaired) electrons. The molecule has 1 aromatic carbocycles. The number of halogens is 2. The minimum atomic E-state index is -3.25. The van der Waals surface area contributed by atoms with Gasteiger partial charge in [-0.1, -0.05) is 12.1 Å². The predicted molar refractivity (Wildman–Crippen MR) is 120 cm³/mol. The highest BCUT2D eigenvalue weighted by Gasteiger charge is 2.48. The van der Waals surface area contributed by atoms with E-state index in [0.29, 0.717) is 32.0 Å². The molecule has 5 rings (SSSR count). The molecule has 2 amide bonds. The lowest BCUT2D eigenvalue weighted by atomic mass is 9.71. The molecule has 1 aliphatic carbocycles. The fourth-order valence-electron chi connectivity index (χ4n) is 5.25. The number of nitrogens with one attached hydrogen (secondary N) is 1. The molecule has 188 valence electrons. The summed E-state index contributed by atoms with van der Waals surface area (Å²) in [6.45, 7) is 3.38. The van der Waals surface area contributed by atoms with E-state index in [4.69, 9.17) is 4.74 Å². The maximum Gasteiger partial charge on any atom is 0.410 e. The number of aryl methyl sites for hydroxylation is 1. The molecular formula is C24H29F2N5O4. The number of aromatic nitrogens is 3. The van der Waals surface area contributed by atoms with Gasteiger partial charge in [0.05, 0.1) is 11.4 Å². The Hall–Kier alpha value is -3.24. The van der Waals surface area contributed by atoms with Crippen molar-refractivity contribution in [1.82, 2.24) is 25.2 Å². The minimum Gasteiger partial charge on any atom is -0.445 e. The molecule has 2 saturated heterocycles. The summed E-state index contributed by atoms with van der Waals surface area (Å²) in [6, 6.07) is 6.03. The summed E-state index contributed by atoms with van der Waals surface area (Å²) in [4.78, 5) is 29.1. The summed E-state index contributed by atoms with van der Waals surface area (Å²) in [6.07, 6.45) is 0.269. The number of amides is 2.